The molecule has 4 nitrogen and oxygen atoms in total. The molecule has 0 aliphatic carbocycles. The van der Waals surface area contributed by atoms with E-state index in [0.717, 1.165) is 20.8 Å². The highest BCUT2D eigenvalue weighted by molar-refractivity contribution is 7.21. The minimum atomic E-state index is -0.539. The molecule has 1 aromatic heterocycles. The molecule has 0 saturated carbocycles. The van der Waals surface area contributed by atoms with E-state index in [-0.39, 0.29) is 17.5 Å². The zero-order valence-electron chi connectivity index (χ0n) is 14.5. The summed E-state index contributed by atoms with van der Waals surface area (Å²) >= 11 is 7.28. The molecule has 0 bridgehead atoms. The molecule has 1 amide bonds. The average molecular weight is 413 g/mol. The van der Waals surface area contributed by atoms with Crippen LogP contribution in [0.1, 0.15) is 0 Å². The predicted octanol–water partition coefficient (Wildman–Crippen LogP) is 5.77. The number of thiazole rings is 1. The van der Waals surface area contributed by atoms with Crippen LogP contribution in [0.4, 0.5) is 10.1 Å². The third-order valence-corrected chi connectivity index (χ3v) is 5.35. The fraction of sp³-hybridized carbons (Fsp3) is 0.0476. The van der Waals surface area contributed by atoms with E-state index in [0.29, 0.717) is 11.4 Å². The van der Waals surface area contributed by atoms with Crippen molar-refractivity contribution in [2.45, 2.75) is 0 Å². The number of carbonyl (C=O) groups is 1. The fourth-order valence-corrected chi connectivity index (χ4v) is 3.84. The number of benzene rings is 3. The van der Waals surface area contributed by atoms with E-state index < -0.39 is 5.82 Å². The molecule has 0 aliphatic rings. The summed E-state index contributed by atoms with van der Waals surface area (Å²) in [5, 5.41) is 3.61. The van der Waals surface area contributed by atoms with Crippen molar-refractivity contribution in [2.75, 3.05) is 11.9 Å². The van der Waals surface area contributed by atoms with Crippen LogP contribution in [0.15, 0.2) is 66.7 Å². The van der Waals surface area contributed by atoms with E-state index >= 15 is 0 Å². The highest BCUT2D eigenvalue weighted by atomic mass is 35.5. The number of para-hydroxylation sites is 2. The van der Waals surface area contributed by atoms with Gasteiger partial charge in [-0.2, -0.15) is 0 Å². The first-order valence-electron chi connectivity index (χ1n) is 8.43. The minimum absolute atomic E-state index is 0.0564. The van der Waals surface area contributed by atoms with Crippen molar-refractivity contribution in [3.8, 4) is 16.3 Å². The summed E-state index contributed by atoms with van der Waals surface area (Å²) in [6, 6.07) is 19.3. The number of nitrogens with one attached hydrogen (secondary N) is 1. The number of hydrogen-bond donors (Lipinski definition) is 1. The largest absolute Gasteiger partial charge is 0.484 e. The van der Waals surface area contributed by atoms with Crippen molar-refractivity contribution < 1.29 is 13.9 Å². The van der Waals surface area contributed by atoms with E-state index in [1.54, 1.807) is 11.3 Å². The van der Waals surface area contributed by atoms with Crippen LogP contribution in [0.3, 0.4) is 0 Å². The number of amides is 1. The third-order valence-electron chi connectivity index (χ3n) is 3.99. The lowest BCUT2D eigenvalue weighted by molar-refractivity contribution is -0.118. The van der Waals surface area contributed by atoms with Gasteiger partial charge in [-0.25, -0.2) is 9.37 Å². The lowest BCUT2D eigenvalue weighted by atomic mass is 10.2. The Morgan fingerprint density at radius 3 is 2.71 bits per heavy atom. The number of ether oxygens (including phenoxy) is 1. The Labute approximate surface area is 169 Å². The van der Waals surface area contributed by atoms with E-state index in [1.165, 1.54) is 18.2 Å². The Kier molecular flexibility index (Phi) is 5.23. The molecule has 0 saturated heterocycles. The van der Waals surface area contributed by atoms with Gasteiger partial charge >= 0.3 is 0 Å². The van der Waals surface area contributed by atoms with Crippen LogP contribution in [0, 0.1) is 5.82 Å². The summed E-state index contributed by atoms with van der Waals surface area (Å²) in [4.78, 5) is 17.0. The lowest BCUT2D eigenvalue weighted by Gasteiger charge is -2.10. The number of halogens is 2. The summed E-state index contributed by atoms with van der Waals surface area (Å²) in [6.07, 6.45) is 0. The SMILES string of the molecule is O=C(COc1ccc(F)c(Cl)c1)Nc1ccccc1-c1nc2ccccc2s1. The average Bonchev–Trinajstić information content (AvgIpc) is 3.13. The molecule has 0 aliphatic heterocycles. The lowest BCUT2D eigenvalue weighted by Crippen LogP contribution is -2.20. The zero-order valence-corrected chi connectivity index (χ0v) is 16.1. The van der Waals surface area contributed by atoms with Gasteiger partial charge in [-0.3, -0.25) is 4.79 Å². The maximum absolute atomic E-state index is 13.2. The molecule has 7 heteroatoms. The number of aromatic nitrogens is 1. The summed E-state index contributed by atoms with van der Waals surface area (Å²) in [5.74, 6) is -0.557. The topological polar surface area (TPSA) is 51.2 Å². The second-order valence-corrected chi connectivity index (χ2v) is 7.38. The Bertz CT molecular complexity index is 1130. The first-order valence-corrected chi connectivity index (χ1v) is 9.62. The summed E-state index contributed by atoms with van der Waals surface area (Å²) < 4.78 is 19.7. The molecule has 0 unspecified atom stereocenters. The maximum Gasteiger partial charge on any atom is 0.262 e. The molecule has 1 N–H and O–H groups in total. The highest BCUT2D eigenvalue weighted by Gasteiger charge is 2.13. The quantitative estimate of drug-likeness (QED) is 0.452. The van der Waals surface area contributed by atoms with E-state index in [9.17, 15) is 9.18 Å². The van der Waals surface area contributed by atoms with E-state index in [1.807, 2.05) is 48.5 Å². The van der Waals surface area contributed by atoms with Gasteiger partial charge in [-0.1, -0.05) is 35.9 Å². The Balaban J connectivity index is 1.50. The first-order chi connectivity index (χ1) is 13.6. The Morgan fingerprint density at radius 1 is 1.11 bits per heavy atom. The number of nitrogens with zero attached hydrogens (tertiary/aromatic N) is 1. The number of hydrogen-bond acceptors (Lipinski definition) is 4. The fourth-order valence-electron chi connectivity index (χ4n) is 2.67. The van der Waals surface area contributed by atoms with Crippen LogP contribution in [0.25, 0.3) is 20.8 Å². The van der Waals surface area contributed by atoms with E-state index in [2.05, 4.69) is 10.3 Å². The van der Waals surface area contributed by atoms with Crippen LogP contribution in [-0.4, -0.2) is 17.5 Å². The van der Waals surface area contributed by atoms with Gasteiger partial charge < -0.3 is 10.1 Å². The summed E-state index contributed by atoms with van der Waals surface area (Å²) in [7, 11) is 0. The standard InChI is InChI=1S/C21H14ClFN2O2S/c22-15-11-13(9-10-16(15)23)27-12-20(26)24-17-6-2-1-5-14(17)21-25-18-7-3-4-8-19(18)28-21/h1-11H,12H2,(H,24,26). The van der Waals surface area contributed by atoms with Crippen LogP contribution < -0.4 is 10.1 Å². The smallest absolute Gasteiger partial charge is 0.262 e. The summed E-state index contributed by atoms with van der Waals surface area (Å²) in [5.41, 5.74) is 2.40. The molecular weight excluding hydrogens is 399 g/mol. The third kappa shape index (κ3) is 3.98. The molecule has 0 fully saturated rings. The van der Waals surface area contributed by atoms with Crippen molar-refractivity contribution in [3.05, 3.63) is 77.6 Å². The van der Waals surface area contributed by atoms with Gasteiger partial charge in [0.15, 0.2) is 6.61 Å². The normalized spacial score (nSPS) is 10.8. The predicted molar refractivity (Wildman–Crippen MR) is 111 cm³/mol. The first kappa shape index (κ1) is 18.4. The zero-order chi connectivity index (χ0) is 19.5. The van der Waals surface area contributed by atoms with Gasteiger partial charge in [-0.15, -0.1) is 11.3 Å². The molecule has 3 aromatic carbocycles. The van der Waals surface area contributed by atoms with Crippen LogP contribution in [0.5, 0.6) is 5.75 Å². The molecule has 4 rings (SSSR count). The van der Waals surface area contributed by atoms with Crippen LogP contribution >= 0.6 is 22.9 Å². The van der Waals surface area contributed by atoms with Crippen LogP contribution in [-0.2, 0) is 4.79 Å². The second kappa shape index (κ2) is 7.96. The summed E-state index contributed by atoms with van der Waals surface area (Å²) in [6.45, 7) is -0.226. The van der Waals surface area contributed by atoms with Crippen molar-refractivity contribution >= 4 is 44.7 Å². The molecule has 0 atom stereocenters. The second-order valence-electron chi connectivity index (χ2n) is 5.95. The van der Waals surface area contributed by atoms with Gasteiger partial charge in [0, 0.05) is 11.6 Å². The van der Waals surface area contributed by atoms with Gasteiger partial charge in [0.1, 0.15) is 16.6 Å². The highest BCUT2D eigenvalue weighted by Crippen LogP contribution is 2.34. The van der Waals surface area contributed by atoms with Crippen molar-refractivity contribution in [1.82, 2.24) is 4.98 Å². The monoisotopic (exact) mass is 412 g/mol. The number of fused-ring (bicyclic) bond motifs is 1. The number of carbonyl (C=O) groups excluding carboxylic acids is 1. The molecular formula is C21H14ClFN2O2S. The van der Waals surface area contributed by atoms with Gasteiger partial charge in [-0.05, 0) is 36.4 Å². The molecule has 0 spiro atoms. The van der Waals surface area contributed by atoms with Crippen molar-refractivity contribution in [3.63, 3.8) is 0 Å². The van der Waals surface area contributed by atoms with Gasteiger partial charge in [0.05, 0.1) is 20.9 Å². The molecule has 4 aromatic rings. The van der Waals surface area contributed by atoms with Crippen LogP contribution in [0.2, 0.25) is 5.02 Å². The number of anilines is 1. The molecule has 0 radical (unpaired) electrons. The number of rotatable bonds is 5. The van der Waals surface area contributed by atoms with Gasteiger partial charge in [0.2, 0.25) is 0 Å². The minimum Gasteiger partial charge on any atom is -0.484 e. The Hall–Kier alpha value is -2.96. The maximum atomic E-state index is 13.2. The molecule has 28 heavy (non-hydrogen) atoms. The molecule has 140 valence electrons. The van der Waals surface area contributed by atoms with Gasteiger partial charge in [0.25, 0.3) is 5.91 Å². The molecule has 1 heterocycles. The Morgan fingerprint density at radius 2 is 1.89 bits per heavy atom. The van der Waals surface area contributed by atoms with Crippen molar-refractivity contribution in [1.29, 1.82) is 0 Å². The van der Waals surface area contributed by atoms with E-state index in [4.69, 9.17) is 16.3 Å². The van der Waals surface area contributed by atoms with Crippen molar-refractivity contribution in [2.24, 2.45) is 0 Å².